The van der Waals surface area contributed by atoms with Gasteiger partial charge in [-0.1, -0.05) is 12.2 Å². The number of nitrogens with two attached hydrogens (primary N) is 3. The summed E-state index contributed by atoms with van der Waals surface area (Å²) in [6.45, 7) is 0. The molecule has 32 heavy (non-hydrogen) atoms. The maximum Gasteiger partial charge on any atom is 0.250 e. The zero-order chi connectivity index (χ0) is 23.6. The molecule has 10 nitrogen and oxygen atoms in total. The molecule has 7 N–H and O–H groups in total. The van der Waals surface area contributed by atoms with Crippen molar-refractivity contribution in [2.75, 3.05) is 5.32 Å². The van der Waals surface area contributed by atoms with Gasteiger partial charge in [0.15, 0.2) is 0 Å². The van der Waals surface area contributed by atoms with Crippen LogP contribution in [-0.2, 0) is 20.6 Å². The van der Waals surface area contributed by atoms with Crippen molar-refractivity contribution in [2.45, 2.75) is 0 Å². The van der Waals surface area contributed by atoms with Gasteiger partial charge in [-0.2, -0.15) is 16.8 Å². The van der Waals surface area contributed by atoms with Gasteiger partial charge >= 0.3 is 0 Å². The smallest absolute Gasteiger partial charge is 0.250 e. The normalized spacial score (nSPS) is 17.5. The molecule has 0 bridgehead atoms. The topological polar surface area (TPSA) is 193 Å². The Balaban J connectivity index is 2.12. The van der Waals surface area contributed by atoms with Crippen LogP contribution in [0.4, 0.5) is 5.69 Å². The highest BCUT2D eigenvalue weighted by Crippen LogP contribution is 2.25. The van der Waals surface area contributed by atoms with Crippen molar-refractivity contribution in [2.24, 2.45) is 17.2 Å². The lowest BCUT2D eigenvalue weighted by Crippen LogP contribution is -2.19. The van der Waals surface area contributed by atoms with Gasteiger partial charge in [-0.15, -0.1) is 0 Å². The Labute approximate surface area is 185 Å². The predicted molar refractivity (Wildman–Crippen MR) is 121 cm³/mol. The van der Waals surface area contributed by atoms with E-state index in [1.54, 1.807) is 0 Å². The van der Waals surface area contributed by atoms with Crippen LogP contribution in [-0.4, -0.2) is 38.4 Å². The first kappa shape index (κ1) is 22.5. The summed E-state index contributed by atoms with van der Waals surface area (Å²) in [6, 6.07) is 3.96. The van der Waals surface area contributed by atoms with E-state index in [1.807, 2.05) is 0 Å². The monoisotopic (exact) mass is 472 g/mol. The van der Waals surface area contributed by atoms with Crippen LogP contribution < -0.4 is 22.5 Å². The number of carbonyl (C=O) groups excluding carboxylic acids is 2. The molecule has 2 amide bonds. The van der Waals surface area contributed by atoms with Crippen molar-refractivity contribution in [3.63, 3.8) is 0 Å². The van der Waals surface area contributed by atoms with Gasteiger partial charge in [-0.05, 0) is 42.5 Å². The highest BCUT2D eigenvalue weighted by atomic mass is 32.2. The highest BCUT2D eigenvalue weighted by molar-refractivity contribution is 7.74. The minimum absolute atomic E-state index is 0.0476. The average molecular weight is 473 g/mol. The number of primary amides is 2. The fourth-order valence-electron chi connectivity index (χ4n) is 3.03. The lowest BCUT2D eigenvalue weighted by atomic mass is 9.94. The van der Waals surface area contributed by atoms with E-state index >= 15 is 0 Å². The molecule has 0 atom stereocenters. The predicted octanol–water partition coefficient (Wildman–Crippen LogP) is -0.438. The molecule has 0 radical (unpaired) electrons. The fourth-order valence-corrected chi connectivity index (χ4v) is 4.20. The molecular formula is C20H16N4O6S2. The summed E-state index contributed by atoms with van der Waals surface area (Å²) >= 11 is 0. The van der Waals surface area contributed by atoms with Crippen LogP contribution >= 0.6 is 0 Å². The molecule has 0 saturated carbocycles. The number of hydrogen-bond acceptors (Lipinski definition) is 8. The largest absolute Gasteiger partial charge is 0.399 e. The molecule has 3 rings (SSSR count). The van der Waals surface area contributed by atoms with Crippen molar-refractivity contribution in [3.8, 4) is 0 Å². The Morgan fingerprint density at radius 2 is 1.38 bits per heavy atom. The second kappa shape index (κ2) is 8.91. The molecule has 12 heteroatoms. The zero-order valence-corrected chi connectivity index (χ0v) is 17.8. The second-order valence-electron chi connectivity index (χ2n) is 6.55. The number of hydrogen-bond donors (Lipinski definition) is 4. The number of amides is 2. The van der Waals surface area contributed by atoms with Crippen LogP contribution in [0.1, 0.15) is 20.7 Å². The number of anilines is 1. The molecule has 0 aliphatic heterocycles. The van der Waals surface area contributed by atoms with E-state index in [4.69, 9.17) is 17.2 Å². The van der Waals surface area contributed by atoms with Gasteiger partial charge in [0, 0.05) is 28.1 Å². The van der Waals surface area contributed by atoms with Crippen LogP contribution in [0.25, 0.3) is 0 Å². The maximum absolute atomic E-state index is 11.9. The van der Waals surface area contributed by atoms with Crippen molar-refractivity contribution in [3.05, 3.63) is 88.3 Å². The number of benzene rings is 1. The summed E-state index contributed by atoms with van der Waals surface area (Å²) in [5.74, 6) is -1.51. The van der Waals surface area contributed by atoms with Gasteiger partial charge in [0.2, 0.25) is 26.5 Å². The van der Waals surface area contributed by atoms with Crippen LogP contribution in [0.15, 0.2) is 77.2 Å². The van der Waals surface area contributed by atoms with Crippen molar-refractivity contribution >= 4 is 47.8 Å². The van der Waals surface area contributed by atoms with E-state index in [9.17, 15) is 26.4 Å². The number of rotatable bonds is 4. The SMILES string of the molecule is NC(=O)c1ccc(C(N)=O)c(NC2=CC(=S(=O)=O)C(=C3C=CC(N)=CC3=S(=O)=O)C=C2)c1. The Morgan fingerprint density at radius 3 is 1.94 bits per heavy atom. The number of allylic oxidation sites excluding steroid dienone is 8. The van der Waals surface area contributed by atoms with E-state index < -0.39 is 32.4 Å². The van der Waals surface area contributed by atoms with E-state index in [0.29, 0.717) is 0 Å². The van der Waals surface area contributed by atoms with E-state index in [2.05, 4.69) is 5.32 Å². The molecule has 0 saturated heterocycles. The molecular weight excluding hydrogens is 456 g/mol. The number of nitrogens with one attached hydrogen (secondary N) is 1. The molecule has 1 aromatic carbocycles. The highest BCUT2D eigenvalue weighted by Gasteiger charge is 2.20. The first-order valence-electron chi connectivity index (χ1n) is 8.81. The van der Waals surface area contributed by atoms with E-state index in [1.165, 1.54) is 54.7 Å². The molecule has 0 aromatic heterocycles. The molecule has 1 aromatic rings. The standard InChI is InChI=1S/C20H16N4O6S2/c21-11-2-5-13(17(8-11)31(27)28)14-6-3-12(9-18(14)32(29)30)24-16-7-10(19(22)25)1-4-15(16)20(23)26/h1-9,24H,21H2,(H2,22,25)(H2,23,26). The maximum atomic E-state index is 11.9. The van der Waals surface area contributed by atoms with Gasteiger partial charge < -0.3 is 22.5 Å². The molecule has 0 unspecified atom stereocenters. The van der Waals surface area contributed by atoms with Crippen LogP contribution in [0.5, 0.6) is 0 Å². The molecule has 0 fully saturated rings. The Kier molecular flexibility index (Phi) is 6.27. The van der Waals surface area contributed by atoms with Crippen LogP contribution in [0.2, 0.25) is 0 Å². The Morgan fingerprint density at radius 1 is 0.781 bits per heavy atom. The average Bonchev–Trinajstić information content (AvgIpc) is 2.73. The summed E-state index contributed by atoms with van der Waals surface area (Å²) < 4.78 is 47.1. The minimum atomic E-state index is -2.75. The van der Waals surface area contributed by atoms with Gasteiger partial charge in [0.1, 0.15) is 9.73 Å². The Bertz CT molecular complexity index is 1490. The summed E-state index contributed by atoms with van der Waals surface area (Å²) in [6.07, 6.45) is 8.19. The molecule has 2 aliphatic rings. The van der Waals surface area contributed by atoms with Gasteiger partial charge in [0.05, 0.1) is 11.3 Å². The lowest BCUT2D eigenvalue weighted by Gasteiger charge is -2.17. The van der Waals surface area contributed by atoms with E-state index in [0.717, 1.165) is 0 Å². The van der Waals surface area contributed by atoms with Gasteiger partial charge in [-0.3, -0.25) is 9.59 Å². The molecule has 164 valence electrons. The summed E-state index contributed by atoms with van der Waals surface area (Å²) in [5.41, 5.74) is 17.3. The second-order valence-corrected chi connectivity index (χ2v) is 8.37. The fraction of sp³-hybridized carbons (Fsp3) is 0. The number of carbonyl (C=O) groups is 2. The molecule has 0 heterocycles. The summed E-state index contributed by atoms with van der Waals surface area (Å²) in [5, 5.41) is 2.85. The van der Waals surface area contributed by atoms with Crippen LogP contribution in [0.3, 0.4) is 0 Å². The quantitative estimate of drug-likeness (QED) is 0.334. The van der Waals surface area contributed by atoms with Crippen molar-refractivity contribution in [1.29, 1.82) is 0 Å². The van der Waals surface area contributed by atoms with Crippen molar-refractivity contribution in [1.82, 2.24) is 0 Å². The zero-order valence-electron chi connectivity index (χ0n) is 16.2. The summed E-state index contributed by atoms with van der Waals surface area (Å²) in [4.78, 5) is 22.8. The molecule has 0 spiro atoms. The first-order valence-corrected chi connectivity index (χ1v) is 11.0. The summed E-state index contributed by atoms with van der Waals surface area (Å²) in [7, 11) is -5.42. The third-order valence-electron chi connectivity index (χ3n) is 4.49. The van der Waals surface area contributed by atoms with Crippen molar-refractivity contribution < 1.29 is 26.4 Å². The van der Waals surface area contributed by atoms with Gasteiger partial charge in [-0.25, -0.2) is 0 Å². The van der Waals surface area contributed by atoms with Gasteiger partial charge in [0.25, 0.3) is 5.91 Å². The first-order chi connectivity index (χ1) is 15.1. The Hall–Kier alpha value is -4.16. The minimum Gasteiger partial charge on any atom is -0.399 e. The van der Waals surface area contributed by atoms with Crippen LogP contribution in [0, 0.1) is 0 Å². The molecule has 2 aliphatic carbocycles. The lowest BCUT2D eigenvalue weighted by molar-refractivity contribution is 0.0989. The third kappa shape index (κ3) is 4.61. The third-order valence-corrected chi connectivity index (χ3v) is 5.88. The van der Waals surface area contributed by atoms with E-state index in [-0.39, 0.29) is 49.1 Å².